The molecule has 1 aromatic carbocycles. The minimum absolute atomic E-state index is 0.307. The zero-order valence-electron chi connectivity index (χ0n) is 9.28. The van der Waals surface area contributed by atoms with E-state index in [0.29, 0.717) is 27.2 Å². The number of nitrogens with zero attached hydrogens (tertiary/aromatic N) is 1. The first kappa shape index (κ1) is 13.5. The molecule has 0 bridgehead atoms. The van der Waals surface area contributed by atoms with E-state index in [-0.39, 0.29) is 5.82 Å². The largest absolute Gasteiger partial charge is 0.388 e. The number of halogens is 3. The van der Waals surface area contributed by atoms with Gasteiger partial charge in [0.1, 0.15) is 11.0 Å². The standard InChI is InChI=1S/C13H10BrClFNO/c14-13-8(2-1-3-10(13)16)6-11(18)9-4-5-12(15)17-7-9/h1-5,7,11,18H,6H2. The number of aliphatic hydroxyl groups excluding tert-OH is 1. The molecule has 0 radical (unpaired) electrons. The Balaban J connectivity index is 2.18. The average molecular weight is 331 g/mol. The van der Waals surface area contributed by atoms with E-state index in [1.165, 1.54) is 12.3 Å². The molecule has 2 nitrogen and oxygen atoms in total. The summed E-state index contributed by atoms with van der Waals surface area (Å²) in [6.45, 7) is 0. The molecule has 5 heteroatoms. The zero-order valence-corrected chi connectivity index (χ0v) is 11.6. The maximum Gasteiger partial charge on any atom is 0.137 e. The number of aliphatic hydroxyl groups is 1. The second-order valence-electron chi connectivity index (χ2n) is 3.85. The Morgan fingerprint density at radius 1 is 1.33 bits per heavy atom. The lowest BCUT2D eigenvalue weighted by molar-refractivity contribution is 0.177. The lowest BCUT2D eigenvalue weighted by atomic mass is 10.0. The maximum atomic E-state index is 13.3. The quantitative estimate of drug-likeness (QED) is 0.866. The molecule has 0 amide bonds. The topological polar surface area (TPSA) is 33.1 Å². The Hall–Kier alpha value is -0.970. The molecule has 18 heavy (non-hydrogen) atoms. The van der Waals surface area contributed by atoms with E-state index in [1.54, 1.807) is 24.3 Å². The van der Waals surface area contributed by atoms with Gasteiger partial charge in [0.25, 0.3) is 0 Å². The van der Waals surface area contributed by atoms with E-state index in [4.69, 9.17) is 11.6 Å². The highest BCUT2D eigenvalue weighted by Gasteiger charge is 2.13. The number of benzene rings is 1. The van der Waals surface area contributed by atoms with Crippen molar-refractivity contribution in [3.8, 4) is 0 Å². The molecule has 0 spiro atoms. The molecule has 0 saturated carbocycles. The fraction of sp³-hybridized carbons (Fsp3) is 0.154. The number of rotatable bonds is 3. The van der Waals surface area contributed by atoms with Crippen molar-refractivity contribution in [2.24, 2.45) is 0 Å². The number of hydrogen-bond donors (Lipinski definition) is 1. The molecule has 1 N–H and O–H groups in total. The smallest absolute Gasteiger partial charge is 0.137 e. The highest BCUT2D eigenvalue weighted by Crippen LogP contribution is 2.26. The summed E-state index contributed by atoms with van der Waals surface area (Å²) in [5, 5.41) is 10.4. The van der Waals surface area contributed by atoms with E-state index < -0.39 is 6.10 Å². The molecule has 2 rings (SSSR count). The summed E-state index contributed by atoms with van der Waals surface area (Å²) in [5.41, 5.74) is 1.35. The molecule has 0 aliphatic heterocycles. The van der Waals surface area contributed by atoms with Crippen LogP contribution in [0.25, 0.3) is 0 Å². The second-order valence-corrected chi connectivity index (χ2v) is 5.03. The van der Waals surface area contributed by atoms with Crippen molar-refractivity contribution in [3.63, 3.8) is 0 Å². The van der Waals surface area contributed by atoms with Gasteiger partial charge in [-0.05, 0) is 39.2 Å². The normalized spacial score (nSPS) is 12.4. The van der Waals surface area contributed by atoms with Gasteiger partial charge in [0.2, 0.25) is 0 Å². The predicted molar refractivity (Wildman–Crippen MR) is 72.0 cm³/mol. The highest BCUT2D eigenvalue weighted by atomic mass is 79.9. The summed E-state index contributed by atoms with van der Waals surface area (Å²) in [7, 11) is 0. The second kappa shape index (κ2) is 5.78. The van der Waals surface area contributed by atoms with Gasteiger partial charge < -0.3 is 5.11 Å². The van der Waals surface area contributed by atoms with Gasteiger partial charge in [-0.1, -0.05) is 29.8 Å². The van der Waals surface area contributed by atoms with Crippen molar-refractivity contribution in [2.45, 2.75) is 12.5 Å². The summed E-state index contributed by atoms with van der Waals surface area (Å²) in [6.07, 6.45) is 1.08. The molecule has 0 aliphatic rings. The zero-order chi connectivity index (χ0) is 13.1. The first-order valence-electron chi connectivity index (χ1n) is 5.30. The Labute approximate surface area is 118 Å². The van der Waals surface area contributed by atoms with Gasteiger partial charge in [0.15, 0.2) is 0 Å². The molecule has 1 aromatic heterocycles. The minimum atomic E-state index is -0.743. The van der Waals surface area contributed by atoms with Gasteiger partial charge in [-0.3, -0.25) is 0 Å². The molecule has 0 saturated heterocycles. The number of hydrogen-bond acceptors (Lipinski definition) is 2. The van der Waals surface area contributed by atoms with Gasteiger partial charge in [-0.2, -0.15) is 0 Å². The van der Waals surface area contributed by atoms with Crippen LogP contribution in [0.1, 0.15) is 17.2 Å². The van der Waals surface area contributed by atoms with E-state index in [1.807, 2.05) is 0 Å². The summed E-state index contributed by atoms with van der Waals surface area (Å²) in [5.74, 6) is -0.339. The average Bonchev–Trinajstić information content (AvgIpc) is 2.36. The lowest BCUT2D eigenvalue weighted by Crippen LogP contribution is -2.03. The Morgan fingerprint density at radius 2 is 2.11 bits per heavy atom. The van der Waals surface area contributed by atoms with Gasteiger partial charge in [0, 0.05) is 12.6 Å². The Morgan fingerprint density at radius 3 is 2.78 bits per heavy atom. The summed E-state index contributed by atoms with van der Waals surface area (Å²) < 4.78 is 13.7. The fourth-order valence-corrected chi connectivity index (χ4v) is 2.15. The third kappa shape index (κ3) is 3.07. The van der Waals surface area contributed by atoms with Crippen LogP contribution in [0, 0.1) is 5.82 Å². The van der Waals surface area contributed by atoms with Crippen molar-refractivity contribution in [1.82, 2.24) is 4.98 Å². The molecule has 1 unspecified atom stereocenters. The fourth-order valence-electron chi connectivity index (χ4n) is 1.62. The molecular formula is C13H10BrClFNO. The molecule has 0 fully saturated rings. The van der Waals surface area contributed by atoms with Crippen LogP contribution in [0.5, 0.6) is 0 Å². The van der Waals surface area contributed by atoms with Gasteiger partial charge in [-0.25, -0.2) is 9.37 Å². The van der Waals surface area contributed by atoms with E-state index in [9.17, 15) is 9.50 Å². The number of aromatic nitrogens is 1. The van der Waals surface area contributed by atoms with Crippen LogP contribution < -0.4 is 0 Å². The third-order valence-corrected chi connectivity index (χ3v) is 3.69. The van der Waals surface area contributed by atoms with Gasteiger partial charge >= 0.3 is 0 Å². The van der Waals surface area contributed by atoms with Crippen LogP contribution in [0.3, 0.4) is 0 Å². The van der Waals surface area contributed by atoms with E-state index in [0.717, 1.165) is 0 Å². The van der Waals surface area contributed by atoms with Crippen LogP contribution in [-0.4, -0.2) is 10.1 Å². The lowest BCUT2D eigenvalue weighted by Gasteiger charge is -2.12. The van der Waals surface area contributed by atoms with Crippen LogP contribution in [-0.2, 0) is 6.42 Å². The minimum Gasteiger partial charge on any atom is -0.388 e. The van der Waals surface area contributed by atoms with Crippen LogP contribution in [0.15, 0.2) is 41.0 Å². The maximum absolute atomic E-state index is 13.3. The summed E-state index contributed by atoms with van der Waals surface area (Å²) in [4.78, 5) is 3.90. The van der Waals surface area contributed by atoms with Gasteiger partial charge in [-0.15, -0.1) is 0 Å². The summed E-state index contributed by atoms with van der Waals surface area (Å²) >= 11 is 8.84. The van der Waals surface area contributed by atoms with Crippen molar-refractivity contribution in [1.29, 1.82) is 0 Å². The van der Waals surface area contributed by atoms with E-state index >= 15 is 0 Å². The monoisotopic (exact) mass is 329 g/mol. The van der Waals surface area contributed by atoms with Crippen molar-refractivity contribution >= 4 is 27.5 Å². The summed E-state index contributed by atoms with van der Waals surface area (Å²) in [6, 6.07) is 8.06. The molecule has 94 valence electrons. The van der Waals surface area contributed by atoms with Crippen LogP contribution in [0.4, 0.5) is 4.39 Å². The first-order valence-corrected chi connectivity index (χ1v) is 6.47. The third-order valence-electron chi connectivity index (χ3n) is 2.58. The molecule has 2 aromatic rings. The molecular weight excluding hydrogens is 321 g/mol. The molecule has 1 atom stereocenters. The molecule has 1 heterocycles. The first-order chi connectivity index (χ1) is 8.58. The highest BCUT2D eigenvalue weighted by molar-refractivity contribution is 9.10. The Kier molecular flexibility index (Phi) is 4.32. The van der Waals surface area contributed by atoms with Gasteiger partial charge in [0.05, 0.1) is 10.6 Å². The van der Waals surface area contributed by atoms with Crippen molar-refractivity contribution < 1.29 is 9.50 Å². The van der Waals surface area contributed by atoms with Crippen molar-refractivity contribution in [2.75, 3.05) is 0 Å². The SMILES string of the molecule is OC(Cc1cccc(F)c1Br)c1ccc(Cl)nc1. The Bertz CT molecular complexity index is 547. The molecule has 0 aliphatic carbocycles. The van der Waals surface area contributed by atoms with Crippen molar-refractivity contribution in [3.05, 3.63) is 63.1 Å². The number of pyridine rings is 1. The van der Waals surface area contributed by atoms with Crippen LogP contribution >= 0.6 is 27.5 Å². The van der Waals surface area contributed by atoms with E-state index in [2.05, 4.69) is 20.9 Å². The predicted octanol–water partition coefficient (Wildman–Crippen LogP) is 3.91. The van der Waals surface area contributed by atoms with Crippen LogP contribution in [0.2, 0.25) is 5.15 Å².